The van der Waals surface area contributed by atoms with Gasteiger partial charge in [0.2, 0.25) is 0 Å². The highest BCUT2D eigenvalue weighted by Gasteiger charge is 2.21. The monoisotopic (exact) mass is 436 g/mol. The topological polar surface area (TPSA) is 75.3 Å². The Labute approximate surface area is 184 Å². The van der Waals surface area contributed by atoms with E-state index in [1.54, 1.807) is 31.2 Å². The Morgan fingerprint density at radius 2 is 1.52 bits per heavy atom. The van der Waals surface area contributed by atoms with Crippen molar-refractivity contribution in [3.63, 3.8) is 0 Å². The standard InChI is InChI=1S/C25H28N2O3S/c1-16(2)21-11-8-10-19(5)24(21)26-25(28)20-14-13-18(4)23(15-20)31(29,30)27-22-12-7-6-9-17(22)3/h6-16,27H,1-5H3,(H,26,28). The second-order valence-corrected chi connectivity index (χ2v) is 9.70. The van der Waals surface area contributed by atoms with Gasteiger partial charge in [-0.3, -0.25) is 9.52 Å². The van der Waals surface area contributed by atoms with Crippen molar-refractivity contribution in [2.24, 2.45) is 0 Å². The molecular formula is C25H28N2O3S. The molecule has 6 heteroatoms. The number of aryl methyl sites for hydroxylation is 3. The van der Waals surface area contributed by atoms with E-state index in [1.807, 2.05) is 44.2 Å². The molecule has 0 aromatic heterocycles. The molecule has 0 aliphatic heterocycles. The Kier molecular flexibility index (Phi) is 6.51. The molecule has 0 heterocycles. The number of hydrogen-bond acceptors (Lipinski definition) is 3. The lowest BCUT2D eigenvalue weighted by molar-refractivity contribution is 0.102. The number of rotatable bonds is 6. The number of amides is 1. The highest BCUT2D eigenvalue weighted by atomic mass is 32.2. The molecule has 0 saturated carbocycles. The Bertz CT molecular complexity index is 1230. The van der Waals surface area contributed by atoms with E-state index in [2.05, 4.69) is 23.9 Å². The zero-order valence-corrected chi connectivity index (χ0v) is 19.3. The van der Waals surface area contributed by atoms with Crippen molar-refractivity contribution in [2.45, 2.75) is 45.4 Å². The number of carbonyl (C=O) groups is 1. The number of hydrogen-bond donors (Lipinski definition) is 2. The summed E-state index contributed by atoms with van der Waals surface area (Å²) in [4.78, 5) is 13.1. The van der Waals surface area contributed by atoms with Crippen molar-refractivity contribution in [1.29, 1.82) is 0 Å². The van der Waals surface area contributed by atoms with Crippen LogP contribution < -0.4 is 10.0 Å². The Balaban J connectivity index is 1.95. The Morgan fingerprint density at radius 1 is 0.839 bits per heavy atom. The molecule has 0 radical (unpaired) electrons. The van der Waals surface area contributed by atoms with Crippen LogP contribution in [0.1, 0.15) is 52.4 Å². The number of anilines is 2. The van der Waals surface area contributed by atoms with Gasteiger partial charge in [0.15, 0.2) is 0 Å². The van der Waals surface area contributed by atoms with Crippen LogP contribution in [0.25, 0.3) is 0 Å². The van der Waals surface area contributed by atoms with Crippen molar-refractivity contribution in [2.75, 3.05) is 10.0 Å². The van der Waals surface area contributed by atoms with E-state index in [-0.39, 0.29) is 22.3 Å². The minimum atomic E-state index is -3.86. The summed E-state index contributed by atoms with van der Waals surface area (Å²) >= 11 is 0. The Hall–Kier alpha value is -3.12. The van der Waals surface area contributed by atoms with E-state index in [4.69, 9.17) is 0 Å². The minimum absolute atomic E-state index is 0.0808. The maximum absolute atomic E-state index is 13.1. The molecule has 5 nitrogen and oxygen atoms in total. The molecule has 0 fully saturated rings. The number of nitrogens with one attached hydrogen (secondary N) is 2. The van der Waals surface area contributed by atoms with Crippen LogP contribution in [0.4, 0.5) is 11.4 Å². The van der Waals surface area contributed by atoms with Crippen molar-refractivity contribution in [3.05, 3.63) is 88.5 Å². The molecule has 0 bridgehead atoms. The van der Waals surface area contributed by atoms with Crippen molar-refractivity contribution < 1.29 is 13.2 Å². The summed E-state index contributed by atoms with van der Waals surface area (Å²) in [6.45, 7) is 9.63. The fourth-order valence-corrected chi connectivity index (χ4v) is 4.85. The molecule has 31 heavy (non-hydrogen) atoms. The quantitative estimate of drug-likeness (QED) is 0.514. The molecule has 0 atom stereocenters. The van der Waals surface area contributed by atoms with Gasteiger partial charge in [-0.25, -0.2) is 8.42 Å². The lowest BCUT2D eigenvalue weighted by Gasteiger charge is -2.17. The molecule has 2 N–H and O–H groups in total. The van der Waals surface area contributed by atoms with Gasteiger partial charge >= 0.3 is 0 Å². The fourth-order valence-electron chi connectivity index (χ4n) is 3.45. The van der Waals surface area contributed by atoms with Crippen LogP contribution in [-0.4, -0.2) is 14.3 Å². The second kappa shape index (κ2) is 8.94. The zero-order valence-electron chi connectivity index (χ0n) is 18.5. The zero-order chi connectivity index (χ0) is 22.8. The van der Waals surface area contributed by atoms with Crippen LogP contribution in [0.5, 0.6) is 0 Å². The lowest BCUT2D eigenvalue weighted by Crippen LogP contribution is -2.18. The van der Waals surface area contributed by atoms with E-state index < -0.39 is 10.0 Å². The van der Waals surface area contributed by atoms with Crippen LogP contribution >= 0.6 is 0 Å². The molecule has 0 saturated heterocycles. The number of benzene rings is 3. The minimum Gasteiger partial charge on any atom is -0.321 e. The summed E-state index contributed by atoms with van der Waals surface area (Å²) < 4.78 is 28.8. The van der Waals surface area contributed by atoms with Crippen molar-refractivity contribution >= 4 is 27.3 Å². The SMILES string of the molecule is Cc1ccccc1NS(=O)(=O)c1cc(C(=O)Nc2c(C)cccc2C(C)C)ccc1C. The third-order valence-corrected chi connectivity index (χ3v) is 6.80. The molecular weight excluding hydrogens is 408 g/mol. The Morgan fingerprint density at radius 3 is 2.19 bits per heavy atom. The molecule has 0 unspecified atom stereocenters. The van der Waals surface area contributed by atoms with Gasteiger partial charge in [0, 0.05) is 11.3 Å². The van der Waals surface area contributed by atoms with Gasteiger partial charge in [-0.1, -0.05) is 56.3 Å². The first kappa shape index (κ1) is 22.6. The first-order valence-corrected chi connectivity index (χ1v) is 11.7. The average Bonchev–Trinajstić information content (AvgIpc) is 2.71. The summed E-state index contributed by atoms with van der Waals surface area (Å²) in [5.41, 5.74) is 4.95. The van der Waals surface area contributed by atoms with E-state index in [0.717, 1.165) is 22.4 Å². The van der Waals surface area contributed by atoms with Gasteiger partial charge in [-0.05, 0) is 67.1 Å². The summed E-state index contributed by atoms with van der Waals surface area (Å²) in [7, 11) is -3.86. The van der Waals surface area contributed by atoms with E-state index in [9.17, 15) is 13.2 Å². The van der Waals surface area contributed by atoms with Crippen LogP contribution in [0.2, 0.25) is 0 Å². The van der Waals surface area contributed by atoms with Crippen LogP contribution in [0, 0.1) is 20.8 Å². The highest BCUT2D eigenvalue weighted by Crippen LogP contribution is 2.28. The van der Waals surface area contributed by atoms with Gasteiger partial charge in [-0.15, -0.1) is 0 Å². The van der Waals surface area contributed by atoms with E-state index in [1.165, 1.54) is 6.07 Å². The smallest absolute Gasteiger partial charge is 0.262 e. The number of para-hydroxylation sites is 2. The number of carbonyl (C=O) groups excluding carboxylic acids is 1. The molecule has 3 aromatic rings. The van der Waals surface area contributed by atoms with Gasteiger partial charge in [0.25, 0.3) is 15.9 Å². The fraction of sp³-hybridized carbons (Fsp3) is 0.240. The molecule has 3 aromatic carbocycles. The molecule has 0 aliphatic rings. The van der Waals surface area contributed by atoms with Crippen LogP contribution in [0.15, 0.2) is 65.6 Å². The summed E-state index contributed by atoms with van der Waals surface area (Å²) in [6.07, 6.45) is 0. The third kappa shape index (κ3) is 4.97. The first-order chi connectivity index (χ1) is 14.6. The predicted octanol–water partition coefficient (Wildman–Crippen LogP) is 5.79. The normalized spacial score (nSPS) is 11.4. The van der Waals surface area contributed by atoms with Crippen molar-refractivity contribution in [1.82, 2.24) is 0 Å². The largest absolute Gasteiger partial charge is 0.321 e. The van der Waals surface area contributed by atoms with E-state index in [0.29, 0.717) is 11.3 Å². The maximum Gasteiger partial charge on any atom is 0.262 e. The highest BCUT2D eigenvalue weighted by molar-refractivity contribution is 7.92. The van der Waals surface area contributed by atoms with Crippen molar-refractivity contribution in [3.8, 4) is 0 Å². The third-order valence-electron chi connectivity index (χ3n) is 5.29. The van der Waals surface area contributed by atoms with E-state index >= 15 is 0 Å². The van der Waals surface area contributed by atoms with Crippen LogP contribution in [-0.2, 0) is 10.0 Å². The molecule has 0 spiro atoms. The molecule has 0 aliphatic carbocycles. The van der Waals surface area contributed by atoms with Gasteiger partial charge < -0.3 is 5.32 Å². The van der Waals surface area contributed by atoms with Gasteiger partial charge in [0.1, 0.15) is 0 Å². The molecule has 3 rings (SSSR count). The second-order valence-electron chi connectivity index (χ2n) is 8.05. The number of sulfonamides is 1. The molecule has 1 amide bonds. The summed E-state index contributed by atoms with van der Waals surface area (Å²) in [5, 5.41) is 2.98. The van der Waals surface area contributed by atoms with Gasteiger partial charge in [-0.2, -0.15) is 0 Å². The average molecular weight is 437 g/mol. The van der Waals surface area contributed by atoms with Gasteiger partial charge in [0.05, 0.1) is 10.6 Å². The predicted molar refractivity (Wildman–Crippen MR) is 126 cm³/mol. The molecule has 162 valence electrons. The summed E-state index contributed by atoms with van der Waals surface area (Å²) in [5.74, 6) is -0.106. The summed E-state index contributed by atoms with van der Waals surface area (Å²) in [6, 6.07) is 17.8. The first-order valence-electron chi connectivity index (χ1n) is 10.2. The maximum atomic E-state index is 13.1. The van der Waals surface area contributed by atoms with Crippen LogP contribution in [0.3, 0.4) is 0 Å². The lowest BCUT2D eigenvalue weighted by atomic mass is 9.98.